The molecule has 0 saturated heterocycles. The largest absolute Gasteiger partial charge is 0.448 e. The number of para-hydroxylation sites is 2. The van der Waals surface area contributed by atoms with Gasteiger partial charge in [-0.15, -0.1) is 0 Å². The standard InChI is InChI=1S/C9H8N2O2/c10-9(12)8-5-11-6-3-1-2-4-7(6)13-8/h1-5,11H,(H2,10,12). The molecule has 0 unspecified atom stereocenters. The summed E-state index contributed by atoms with van der Waals surface area (Å²) in [7, 11) is 0. The molecule has 13 heavy (non-hydrogen) atoms. The van der Waals surface area contributed by atoms with Crippen molar-refractivity contribution in [3.63, 3.8) is 0 Å². The summed E-state index contributed by atoms with van der Waals surface area (Å²) in [4.78, 5) is 10.8. The van der Waals surface area contributed by atoms with E-state index in [-0.39, 0.29) is 5.76 Å². The second kappa shape index (κ2) is 2.82. The van der Waals surface area contributed by atoms with Crippen molar-refractivity contribution in [2.45, 2.75) is 0 Å². The number of fused-ring (bicyclic) bond motifs is 1. The highest BCUT2D eigenvalue weighted by Gasteiger charge is 2.14. The Hall–Kier alpha value is -1.97. The molecule has 0 atom stereocenters. The Morgan fingerprint density at radius 3 is 2.92 bits per heavy atom. The van der Waals surface area contributed by atoms with Gasteiger partial charge in [-0.2, -0.15) is 0 Å². The van der Waals surface area contributed by atoms with Gasteiger partial charge in [-0.1, -0.05) is 12.1 Å². The summed E-state index contributed by atoms with van der Waals surface area (Å²) in [6.45, 7) is 0. The minimum atomic E-state index is -0.581. The maximum atomic E-state index is 10.8. The minimum absolute atomic E-state index is 0.124. The van der Waals surface area contributed by atoms with Crippen LogP contribution in [0.3, 0.4) is 0 Å². The maximum absolute atomic E-state index is 10.8. The van der Waals surface area contributed by atoms with Gasteiger partial charge in [-0.3, -0.25) is 4.79 Å². The van der Waals surface area contributed by atoms with Crippen LogP contribution in [0.25, 0.3) is 0 Å². The van der Waals surface area contributed by atoms with Crippen LogP contribution in [0, 0.1) is 0 Å². The van der Waals surface area contributed by atoms with E-state index in [1.165, 1.54) is 6.20 Å². The number of hydrogen-bond acceptors (Lipinski definition) is 3. The van der Waals surface area contributed by atoms with Crippen molar-refractivity contribution in [2.75, 3.05) is 5.32 Å². The van der Waals surface area contributed by atoms with E-state index in [0.29, 0.717) is 5.75 Å². The average molecular weight is 176 g/mol. The lowest BCUT2D eigenvalue weighted by Crippen LogP contribution is -2.21. The van der Waals surface area contributed by atoms with Gasteiger partial charge in [0, 0.05) is 0 Å². The number of hydrogen-bond donors (Lipinski definition) is 2. The second-order valence-corrected chi connectivity index (χ2v) is 2.62. The second-order valence-electron chi connectivity index (χ2n) is 2.62. The first-order valence-corrected chi connectivity index (χ1v) is 3.81. The summed E-state index contributed by atoms with van der Waals surface area (Å²) in [6.07, 6.45) is 1.45. The highest BCUT2D eigenvalue weighted by molar-refractivity contribution is 5.91. The Morgan fingerprint density at radius 1 is 1.38 bits per heavy atom. The zero-order valence-electron chi connectivity index (χ0n) is 6.78. The molecule has 1 heterocycles. The monoisotopic (exact) mass is 176 g/mol. The first-order valence-electron chi connectivity index (χ1n) is 3.81. The quantitative estimate of drug-likeness (QED) is 0.665. The summed E-state index contributed by atoms with van der Waals surface area (Å²) >= 11 is 0. The molecule has 1 aliphatic rings. The number of rotatable bonds is 1. The van der Waals surface area contributed by atoms with Crippen molar-refractivity contribution in [3.8, 4) is 5.75 Å². The van der Waals surface area contributed by atoms with Crippen LogP contribution < -0.4 is 15.8 Å². The van der Waals surface area contributed by atoms with E-state index in [4.69, 9.17) is 10.5 Å². The van der Waals surface area contributed by atoms with Gasteiger partial charge >= 0.3 is 0 Å². The van der Waals surface area contributed by atoms with Crippen LogP contribution in [-0.2, 0) is 4.79 Å². The predicted octanol–water partition coefficient (Wildman–Crippen LogP) is 0.818. The minimum Gasteiger partial charge on any atom is -0.448 e. The summed E-state index contributed by atoms with van der Waals surface area (Å²) in [5.41, 5.74) is 5.88. The third-order valence-electron chi connectivity index (χ3n) is 1.71. The van der Waals surface area contributed by atoms with E-state index in [9.17, 15) is 4.79 Å². The fraction of sp³-hybridized carbons (Fsp3) is 0. The molecule has 1 aliphatic heterocycles. The van der Waals surface area contributed by atoms with Crippen molar-refractivity contribution in [2.24, 2.45) is 5.73 Å². The number of ether oxygens (including phenoxy) is 1. The van der Waals surface area contributed by atoms with Crippen LogP contribution in [0.4, 0.5) is 5.69 Å². The van der Waals surface area contributed by atoms with E-state index in [1.807, 2.05) is 18.2 Å². The van der Waals surface area contributed by atoms with Crippen LogP contribution in [0.5, 0.6) is 5.75 Å². The molecule has 0 aromatic heterocycles. The van der Waals surface area contributed by atoms with Crippen LogP contribution >= 0.6 is 0 Å². The number of amides is 1. The van der Waals surface area contributed by atoms with Crippen LogP contribution in [-0.4, -0.2) is 5.91 Å². The Morgan fingerprint density at radius 2 is 2.15 bits per heavy atom. The third-order valence-corrected chi connectivity index (χ3v) is 1.71. The maximum Gasteiger partial charge on any atom is 0.285 e. The Bertz CT molecular complexity index is 385. The summed E-state index contributed by atoms with van der Waals surface area (Å²) in [5.74, 6) is 0.152. The Kier molecular flexibility index (Phi) is 1.66. The van der Waals surface area contributed by atoms with Gasteiger partial charge in [0.2, 0.25) is 5.76 Å². The van der Waals surface area contributed by atoms with Crippen LogP contribution in [0.2, 0.25) is 0 Å². The zero-order valence-corrected chi connectivity index (χ0v) is 6.78. The van der Waals surface area contributed by atoms with E-state index < -0.39 is 5.91 Å². The number of carbonyl (C=O) groups excluding carboxylic acids is 1. The number of anilines is 1. The van der Waals surface area contributed by atoms with Crippen molar-refractivity contribution in [3.05, 3.63) is 36.2 Å². The SMILES string of the molecule is NC(=O)C1=CNc2ccccc2O1. The first kappa shape index (κ1) is 7.67. The fourth-order valence-corrected chi connectivity index (χ4v) is 1.09. The highest BCUT2D eigenvalue weighted by Crippen LogP contribution is 2.28. The van der Waals surface area contributed by atoms with Gasteiger partial charge in [0.25, 0.3) is 5.91 Å². The fourth-order valence-electron chi connectivity index (χ4n) is 1.09. The molecule has 0 spiro atoms. The third kappa shape index (κ3) is 1.33. The van der Waals surface area contributed by atoms with Gasteiger partial charge in [0.15, 0.2) is 5.75 Å². The molecule has 0 radical (unpaired) electrons. The molecule has 4 nitrogen and oxygen atoms in total. The number of benzene rings is 1. The average Bonchev–Trinajstić information content (AvgIpc) is 2.17. The van der Waals surface area contributed by atoms with Crippen LogP contribution in [0.15, 0.2) is 36.2 Å². The predicted molar refractivity (Wildman–Crippen MR) is 48.0 cm³/mol. The van der Waals surface area contributed by atoms with E-state index in [1.54, 1.807) is 6.07 Å². The van der Waals surface area contributed by atoms with Crippen molar-refractivity contribution < 1.29 is 9.53 Å². The van der Waals surface area contributed by atoms with Crippen molar-refractivity contribution in [1.29, 1.82) is 0 Å². The molecular formula is C9H8N2O2. The van der Waals surface area contributed by atoms with Crippen molar-refractivity contribution in [1.82, 2.24) is 0 Å². The van der Waals surface area contributed by atoms with Gasteiger partial charge in [0.05, 0.1) is 11.9 Å². The number of carbonyl (C=O) groups is 1. The molecular weight excluding hydrogens is 168 g/mol. The first-order chi connectivity index (χ1) is 6.27. The van der Waals surface area contributed by atoms with E-state index >= 15 is 0 Å². The molecule has 1 amide bonds. The lowest BCUT2D eigenvalue weighted by Gasteiger charge is -2.16. The zero-order chi connectivity index (χ0) is 9.26. The molecule has 4 heteroatoms. The van der Waals surface area contributed by atoms with Crippen molar-refractivity contribution >= 4 is 11.6 Å². The van der Waals surface area contributed by atoms with E-state index in [2.05, 4.69) is 5.32 Å². The summed E-state index contributed by atoms with van der Waals surface area (Å²) in [6, 6.07) is 7.31. The lowest BCUT2D eigenvalue weighted by atomic mass is 10.2. The van der Waals surface area contributed by atoms with E-state index in [0.717, 1.165) is 5.69 Å². The Labute approximate surface area is 75.0 Å². The number of nitrogens with two attached hydrogens (primary N) is 1. The summed E-state index contributed by atoms with van der Waals surface area (Å²) in [5, 5.41) is 2.91. The summed E-state index contributed by atoms with van der Waals surface area (Å²) < 4.78 is 5.22. The van der Waals surface area contributed by atoms with Gasteiger partial charge in [-0.05, 0) is 12.1 Å². The van der Waals surface area contributed by atoms with Gasteiger partial charge in [0.1, 0.15) is 0 Å². The molecule has 0 fully saturated rings. The molecule has 3 N–H and O–H groups in total. The highest BCUT2D eigenvalue weighted by atomic mass is 16.5. The van der Waals surface area contributed by atoms with Gasteiger partial charge in [-0.25, -0.2) is 0 Å². The van der Waals surface area contributed by atoms with Crippen LogP contribution in [0.1, 0.15) is 0 Å². The smallest absolute Gasteiger partial charge is 0.285 e. The number of primary amides is 1. The molecule has 0 bridgehead atoms. The molecule has 0 saturated carbocycles. The molecule has 66 valence electrons. The molecule has 1 aromatic rings. The normalized spacial score (nSPS) is 13.4. The lowest BCUT2D eigenvalue weighted by molar-refractivity contribution is -0.116. The molecule has 0 aliphatic carbocycles. The number of nitrogens with one attached hydrogen (secondary N) is 1. The molecule has 1 aromatic carbocycles. The molecule has 2 rings (SSSR count). The topological polar surface area (TPSA) is 64.4 Å². The van der Waals surface area contributed by atoms with Gasteiger partial charge < -0.3 is 15.8 Å². The Balaban J connectivity index is 2.33.